The molecule has 3 aromatic carbocycles. The van der Waals surface area contributed by atoms with E-state index in [-0.39, 0.29) is 17.9 Å². The first-order valence-corrected chi connectivity index (χ1v) is 10.4. The van der Waals surface area contributed by atoms with Crippen LogP contribution in [0.2, 0.25) is 0 Å². The Morgan fingerprint density at radius 2 is 1.74 bits per heavy atom. The minimum absolute atomic E-state index is 0.240. The average molecular weight is 460 g/mol. The number of anilines is 1. The van der Waals surface area contributed by atoms with Gasteiger partial charge in [-0.15, -0.1) is 0 Å². The van der Waals surface area contributed by atoms with Gasteiger partial charge in [0.15, 0.2) is 0 Å². The molecular formula is C26H21FN2O5. The lowest BCUT2D eigenvalue weighted by atomic mass is 10.1. The van der Waals surface area contributed by atoms with Gasteiger partial charge in [0.2, 0.25) is 0 Å². The van der Waals surface area contributed by atoms with Crippen LogP contribution in [-0.2, 0) is 16.2 Å². The number of methoxy groups -OCH3 is 1. The summed E-state index contributed by atoms with van der Waals surface area (Å²) in [5, 5.41) is 2.09. The molecule has 0 atom stereocenters. The molecule has 3 aromatic rings. The fourth-order valence-electron chi connectivity index (χ4n) is 3.40. The monoisotopic (exact) mass is 460 g/mol. The van der Waals surface area contributed by atoms with Crippen molar-refractivity contribution in [3.63, 3.8) is 0 Å². The number of nitrogens with zero attached hydrogens (tertiary/aromatic N) is 1. The Balaban J connectivity index is 1.69. The van der Waals surface area contributed by atoms with Crippen LogP contribution < -0.4 is 19.7 Å². The zero-order chi connectivity index (χ0) is 24.2. The van der Waals surface area contributed by atoms with Gasteiger partial charge >= 0.3 is 6.03 Å². The summed E-state index contributed by atoms with van der Waals surface area (Å²) in [7, 11) is 1.51. The number of halogens is 1. The molecule has 0 aromatic heterocycles. The first-order chi connectivity index (χ1) is 16.4. The number of para-hydroxylation sites is 1. The van der Waals surface area contributed by atoms with Crippen molar-refractivity contribution in [2.75, 3.05) is 12.0 Å². The molecule has 7 nitrogen and oxygen atoms in total. The number of hydrogen-bond acceptors (Lipinski definition) is 5. The number of urea groups is 1. The molecule has 172 valence electrons. The first-order valence-electron chi connectivity index (χ1n) is 10.4. The predicted octanol–water partition coefficient (Wildman–Crippen LogP) is 4.39. The van der Waals surface area contributed by atoms with Gasteiger partial charge in [0.05, 0.1) is 12.8 Å². The van der Waals surface area contributed by atoms with Crippen LogP contribution >= 0.6 is 0 Å². The molecule has 1 heterocycles. The van der Waals surface area contributed by atoms with E-state index in [1.165, 1.54) is 31.4 Å². The fraction of sp³-hybridized carbons (Fsp3) is 0.115. The SMILES string of the molecule is COc1ccc(/C=C2/C(=O)NC(=O)N(c3ccccc3F)C2=O)c(OCc2ccc(C)cc2)c1. The molecule has 8 heteroatoms. The van der Waals surface area contributed by atoms with Crippen molar-refractivity contribution < 1.29 is 28.2 Å². The quantitative estimate of drug-likeness (QED) is 0.436. The normalized spacial score (nSPS) is 14.9. The van der Waals surface area contributed by atoms with E-state index in [9.17, 15) is 18.8 Å². The maximum atomic E-state index is 14.3. The average Bonchev–Trinajstić information content (AvgIpc) is 2.83. The number of amides is 4. The largest absolute Gasteiger partial charge is 0.497 e. The van der Waals surface area contributed by atoms with Crippen molar-refractivity contribution >= 4 is 29.6 Å². The van der Waals surface area contributed by atoms with Crippen LogP contribution in [0.15, 0.2) is 72.3 Å². The number of aryl methyl sites for hydroxylation is 1. The van der Waals surface area contributed by atoms with Gasteiger partial charge in [0, 0.05) is 11.6 Å². The Bertz CT molecular complexity index is 1300. The van der Waals surface area contributed by atoms with Crippen molar-refractivity contribution in [3.05, 3.63) is 94.8 Å². The smallest absolute Gasteiger partial charge is 0.336 e. The highest BCUT2D eigenvalue weighted by Crippen LogP contribution is 2.30. The summed E-state index contributed by atoms with van der Waals surface area (Å²) in [5.41, 5.74) is 1.86. The van der Waals surface area contributed by atoms with E-state index in [0.717, 1.165) is 17.2 Å². The van der Waals surface area contributed by atoms with E-state index in [1.54, 1.807) is 18.2 Å². The molecule has 34 heavy (non-hydrogen) atoms. The Labute approximate surface area is 195 Å². The summed E-state index contributed by atoms with van der Waals surface area (Å²) < 4.78 is 25.5. The second-order valence-electron chi connectivity index (χ2n) is 7.59. The highest BCUT2D eigenvalue weighted by Gasteiger charge is 2.38. The van der Waals surface area contributed by atoms with Gasteiger partial charge in [-0.1, -0.05) is 42.0 Å². The Hall–Kier alpha value is -4.46. The summed E-state index contributed by atoms with van der Waals surface area (Å²) in [6, 6.07) is 17.0. The number of carbonyl (C=O) groups is 3. The molecule has 0 radical (unpaired) electrons. The molecular weight excluding hydrogens is 439 g/mol. The zero-order valence-corrected chi connectivity index (χ0v) is 18.5. The van der Waals surface area contributed by atoms with Crippen LogP contribution in [0.5, 0.6) is 11.5 Å². The topological polar surface area (TPSA) is 84.9 Å². The summed E-state index contributed by atoms with van der Waals surface area (Å²) >= 11 is 0. The molecule has 1 fully saturated rings. The Morgan fingerprint density at radius 3 is 2.44 bits per heavy atom. The molecule has 0 aliphatic carbocycles. The van der Waals surface area contributed by atoms with Gasteiger partial charge in [-0.25, -0.2) is 14.1 Å². The van der Waals surface area contributed by atoms with E-state index in [2.05, 4.69) is 5.32 Å². The number of imide groups is 2. The maximum Gasteiger partial charge on any atom is 0.336 e. The van der Waals surface area contributed by atoms with Crippen LogP contribution in [0.3, 0.4) is 0 Å². The third-order valence-electron chi connectivity index (χ3n) is 5.23. The van der Waals surface area contributed by atoms with Crippen LogP contribution in [0.1, 0.15) is 16.7 Å². The number of nitrogens with one attached hydrogen (secondary N) is 1. The molecule has 0 bridgehead atoms. The van der Waals surface area contributed by atoms with Gasteiger partial charge in [-0.3, -0.25) is 14.9 Å². The second-order valence-corrected chi connectivity index (χ2v) is 7.59. The third kappa shape index (κ3) is 4.66. The molecule has 1 saturated heterocycles. The van der Waals surface area contributed by atoms with Crippen molar-refractivity contribution in [1.29, 1.82) is 0 Å². The number of ether oxygens (including phenoxy) is 2. The highest BCUT2D eigenvalue weighted by molar-refractivity contribution is 6.39. The number of rotatable bonds is 6. The predicted molar refractivity (Wildman–Crippen MR) is 124 cm³/mol. The zero-order valence-electron chi connectivity index (χ0n) is 18.5. The number of hydrogen-bond donors (Lipinski definition) is 1. The standard InChI is InChI=1S/C26H21FN2O5/c1-16-7-9-17(10-8-16)15-34-23-14-19(33-2)12-11-18(23)13-20-24(30)28-26(32)29(25(20)31)22-6-4-3-5-21(22)27/h3-14H,15H2,1-2H3,(H,28,30,32)/b20-13-. The maximum absolute atomic E-state index is 14.3. The molecule has 0 unspecified atom stereocenters. The van der Waals surface area contributed by atoms with Gasteiger partial charge in [0.1, 0.15) is 29.5 Å². The van der Waals surface area contributed by atoms with E-state index < -0.39 is 23.7 Å². The first kappa shape index (κ1) is 22.7. The van der Waals surface area contributed by atoms with Gasteiger partial charge in [0.25, 0.3) is 11.8 Å². The summed E-state index contributed by atoms with van der Waals surface area (Å²) in [6.45, 7) is 2.22. The van der Waals surface area contributed by atoms with Crippen LogP contribution in [-0.4, -0.2) is 25.0 Å². The fourth-order valence-corrected chi connectivity index (χ4v) is 3.40. The lowest BCUT2D eigenvalue weighted by Crippen LogP contribution is -2.54. The van der Waals surface area contributed by atoms with Crippen molar-refractivity contribution in [2.45, 2.75) is 13.5 Å². The molecule has 4 amide bonds. The minimum atomic E-state index is -1.03. The third-order valence-corrected chi connectivity index (χ3v) is 5.23. The van der Waals surface area contributed by atoms with Gasteiger partial charge in [-0.05, 0) is 42.8 Å². The van der Waals surface area contributed by atoms with E-state index in [0.29, 0.717) is 22.0 Å². The Kier molecular flexibility index (Phi) is 6.40. The molecule has 4 rings (SSSR count). The van der Waals surface area contributed by atoms with Crippen molar-refractivity contribution in [1.82, 2.24) is 5.32 Å². The molecule has 1 aliphatic heterocycles. The van der Waals surface area contributed by atoms with E-state index in [4.69, 9.17) is 9.47 Å². The van der Waals surface area contributed by atoms with Crippen LogP contribution in [0, 0.1) is 12.7 Å². The van der Waals surface area contributed by atoms with Gasteiger partial charge in [-0.2, -0.15) is 0 Å². The molecule has 0 spiro atoms. The second kappa shape index (κ2) is 9.58. The van der Waals surface area contributed by atoms with Crippen LogP contribution in [0.25, 0.3) is 6.08 Å². The lowest BCUT2D eigenvalue weighted by Gasteiger charge is -2.26. The van der Waals surface area contributed by atoms with E-state index in [1.807, 2.05) is 31.2 Å². The summed E-state index contributed by atoms with van der Waals surface area (Å²) in [4.78, 5) is 38.5. The summed E-state index contributed by atoms with van der Waals surface area (Å²) in [5.74, 6) is -1.72. The Morgan fingerprint density at radius 1 is 1.00 bits per heavy atom. The molecule has 1 N–H and O–H groups in total. The minimum Gasteiger partial charge on any atom is -0.497 e. The number of barbiturate groups is 1. The van der Waals surface area contributed by atoms with Gasteiger partial charge < -0.3 is 9.47 Å². The van der Waals surface area contributed by atoms with E-state index >= 15 is 0 Å². The lowest BCUT2D eigenvalue weighted by molar-refractivity contribution is -0.122. The molecule has 1 aliphatic rings. The summed E-state index contributed by atoms with van der Waals surface area (Å²) in [6.07, 6.45) is 1.31. The van der Waals surface area contributed by atoms with Crippen molar-refractivity contribution in [3.8, 4) is 11.5 Å². The number of carbonyl (C=O) groups excluding carboxylic acids is 3. The van der Waals surface area contributed by atoms with Crippen LogP contribution in [0.4, 0.5) is 14.9 Å². The highest BCUT2D eigenvalue weighted by atomic mass is 19.1. The number of benzene rings is 3. The van der Waals surface area contributed by atoms with Crippen molar-refractivity contribution in [2.24, 2.45) is 0 Å². The molecule has 0 saturated carbocycles.